The molecule has 1 aromatic heterocycles. The number of fused-ring (bicyclic) bond motifs is 1. The van der Waals surface area contributed by atoms with Crippen molar-refractivity contribution in [1.29, 1.82) is 0 Å². The minimum Gasteiger partial charge on any atom is -0.251 e. The standard InChI is InChI=1S/C15H14Cl3N/c1-8-6-11(17)15-13(14(8)18)10(16)7-12(19-15)9-4-2-3-5-9/h6-7,9H,2-5H2,1H3. The maximum atomic E-state index is 6.41. The van der Waals surface area contributed by atoms with E-state index in [0.717, 1.165) is 22.2 Å². The normalized spacial score (nSPS) is 16.4. The van der Waals surface area contributed by atoms with Gasteiger partial charge in [0.25, 0.3) is 0 Å². The fourth-order valence-electron chi connectivity index (χ4n) is 2.86. The molecule has 0 N–H and O–H groups in total. The third-order valence-electron chi connectivity index (χ3n) is 3.90. The van der Waals surface area contributed by atoms with E-state index in [9.17, 15) is 0 Å². The Kier molecular flexibility index (Phi) is 3.63. The summed E-state index contributed by atoms with van der Waals surface area (Å²) < 4.78 is 0. The van der Waals surface area contributed by atoms with Gasteiger partial charge in [-0.05, 0) is 37.5 Å². The lowest BCUT2D eigenvalue weighted by Crippen LogP contribution is -1.98. The Balaban J connectivity index is 2.25. The highest BCUT2D eigenvalue weighted by Gasteiger charge is 2.21. The minimum atomic E-state index is 0.512. The van der Waals surface area contributed by atoms with E-state index < -0.39 is 0 Å². The number of hydrogen-bond donors (Lipinski definition) is 0. The molecule has 1 aliphatic carbocycles. The van der Waals surface area contributed by atoms with Crippen molar-refractivity contribution in [2.75, 3.05) is 0 Å². The third-order valence-corrected chi connectivity index (χ3v) is 4.97. The van der Waals surface area contributed by atoms with E-state index in [2.05, 4.69) is 0 Å². The number of hydrogen-bond acceptors (Lipinski definition) is 1. The number of nitrogens with zero attached hydrogens (tertiary/aromatic N) is 1. The van der Waals surface area contributed by atoms with Gasteiger partial charge in [-0.25, -0.2) is 0 Å². The fraction of sp³-hybridized carbons (Fsp3) is 0.400. The zero-order valence-electron chi connectivity index (χ0n) is 10.6. The van der Waals surface area contributed by atoms with Crippen LogP contribution in [0.2, 0.25) is 15.1 Å². The van der Waals surface area contributed by atoms with Crippen molar-refractivity contribution in [3.05, 3.63) is 38.5 Å². The Bertz CT molecular complexity index is 646. The Morgan fingerprint density at radius 1 is 1.05 bits per heavy atom. The molecule has 1 saturated carbocycles. The molecule has 1 fully saturated rings. The SMILES string of the molecule is Cc1cc(Cl)c2nc(C3CCCC3)cc(Cl)c2c1Cl. The molecule has 1 heterocycles. The summed E-state index contributed by atoms with van der Waals surface area (Å²) in [6, 6.07) is 3.81. The van der Waals surface area contributed by atoms with Crippen LogP contribution in [0, 0.1) is 6.92 Å². The lowest BCUT2D eigenvalue weighted by molar-refractivity contribution is 0.701. The van der Waals surface area contributed by atoms with Gasteiger partial charge < -0.3 is 0 Å². The van der Waals surface area contributed by atoms with E-state index in [1.54, 1.807) is 0 Å². The van der Waals surface area contributed by atoms with E-state index in [0.29, 0.717) is 21.0 Å². The number of pyridine rings is 1. The van der Waals surface area contributed by atoms with Crippen LogP contribution in [0.25, 0.3) is 10.9 Å². The first-order valence-corrected chi connectivity index (χ1v) is 7.66. The highest BCUT2D eigenvalue weighted by atomic mass is 35.5. The molecule has 0 aliphatic heterocycles. The third kappa shape index (κ3) is 2.33. The van der Waals surface area contributed by atoms with Crippen LogP contribution in [0.1, 0.15) is 42.9 Å². The first kappa shape index (κ1) is 13.5. The van der Waals surface area contributed by atoms with Crippen molar-refractivity contribution in [2.24, 2.45) is 0 Å². The second-order valence-corrected chi connectivity index (χ2v) is 6.42. The van der Waals surface area contributed by atoms with Gasteiger partial charge in [0.1, 0.15) is 0 Å². The average Bonchev–Trinajstić information content (AvgIpc) is 2.89. The zero-order chi connectivity index (χ0) is 13.6. The number of benzene rings is 1. The van der Waals surface area contributed by atoms with E-state index in [-0.39, 0.29) is 0 Å². The quantitative estimate of drug-likeness (QED) is 0.614. The van der Waals surface area contributed by atoms with E-state index in [4.69, 9.17) is 39.8 Å². The molecule has 0 spiro atoms. The number of aryl methyl sites for hydroxylation is 1. The lowest BCUT2D eigenvalue weighted by Gasteiger charge is -2.13. The van der Waals surface area contributed by atoms with Crippen LogP contribution < -0.4 is 0 Å². The first-order chi connectivity index (χ1) is 9.08. The van der Waals surface area contributed by atoms with Gasteiger partial charge in [-0.2, -0.15) is 0 Å². The Morgan fingerprint density at radius 3 is 2.42 bits per heavy atom. The van der Waals surface area contributed by atoms with Gasteiger partial charge in [0.05, 0.1) is 20.6 Å². The van der Waals surface area contributed by atoms with Crippen molar-refractivity contribution in [1.82, 2.24) is 4.98 Å². The van der Waals surface area contributed by atoms with Crippen LogP contribution in [-0.2, 0) is 0 Å². The van der Waals surface area contributed by atoms with Crippen LogP contribution in [0.3, 0.4) is 0 Å². The summed E-state index contributed by atoms with van der Waals surface area (Å²) in [5.74, 6) is 0.512. The summed E-state index contributed by atoms with van der Waals surface area (Å²) in [7, 11) is 0. The minimum absolute atomic E-state index is 0.512. The predicted octanol–water partition coefficient (Wildman–Crippen LogP) is 6.16. The smallest absolute Gasteiger partial charge is 0.0921 e. The van der Waals surface area contributed by atoms with Crippen molar-refractivity contribution < 1.29 is 0 Å². The van der Waals surface area contributed by atoms with Crippen LogP contribution in [-0.4, -0.2) is 4.98 Å². The monoisotopic (exact) mass is 313 g/mol. The number of halogens is 3. The zero-order valence-corrected chi connectivity index (χ0v) is 12.9. The first-order valence-electron chi connectivity index (χ1n) is 6.52. The maximum absolute atomic E-state index is 6.41. The molecule has 0 saturated heterocycles. The molecule has 1 aromatic carbocycles. The fourth-order valence-corrected chi connectivity index (χ4v) is 3.75. The summed E-state index contributed by atoms with van der Waals surface area (Å²) in [5, 5.41) is 2.70. The second-order valence-electron chi connectivity index (χ2n) is 5.22. The van der Waals surface area contributed by atoms with Crippen molar-refractivity contribution in [3.63, 3.8) is 0 Å². The van der Waals surface area contributed by atoms with E-state index >= 15 is 0 Å². The van der Waals surface area contributed by atoms with Gasteiger partial charge in [-0.3, -0.25) is 4.98 Å². The van der Waals surface area contributed by atoms with Gasteiger partial charge >= 0.3 is 0 Å². The molecule has 1 nitrogen and oxygen atoms in total. The number of aromatic nitrogens is 1. The van der Waals surface area contributed by atoms with Crippen LogP contribution >= 0.6 is 34.8 Å². The molecule has 0 atom stereocenters. The molecule has 1 aliphatic rings. The highest BCUT2D eigenvalue weighted by Crippen LogP contribution is 2.40. The summed E-state index contributed by atoms with van der Waals surface area (Å²) >= 11 is 19.0. The van der Waals surface area contributed by atoms with Crippen LogP contribution in [0.5, 0.6) is 0 Å². The Morgan fingerprint density at radius 2 is 1.74 bits per heavy atom. The van der Waals surface area contributed by atoms with Gasteiger partial charge in [-0.1, -0.05) is 47.6 Å². The molecule has 3 rings (SSSR count). The van der Waals surface area contributed by atoms with Crippen molar-refractivity contribution in [2.45, 2.75) is 38.5 Å². The largest absolute Gasteiger partial charge is 0.251 e. The van der Waals surface area contributed by atoms with E-state index in [1.165, 1.54) is 25.7 Å². The number of rotatable bonds is 1. The molecule has 2 aromatic rings. The van der Waals surface area contributed by atoms with Crippen LogP contribution in [0.15, 0.2) is 12.1 Å². The Hall–Kier alpha value is -0.500. The molecule has 0 radical (unpaired) electrons. The molecule has 4 heteroatoms. The second kappa shape index (κ2) is 5.12. The van der Waals surface area contributed by atoms with Gasteiger partial charge in [0.15, 0.2) is 0 Å². The summed E-state index contributed by atoms with van der Waals surface area (Å²) in [6.07, 6.45) is 4.91. The molecule has 0 unspecified atom stereocenters. The summed E-state index contributed by atoms with van der Waals surface area (Å²) in [6.45, 7) is 1.93. The van der Waals surface area contributed by atoms with Gasteiger partial charge in [0, 0.05) is 17.0 Å². The average molecular weight is 315 g/mol. The maximum Gasteiger partial charge on any atom is 0.0921 e. The molecule has 19 heavy (non-hydrogen) atoms. The predicted molar refractivity (Wildman–Crippen MR) is 82.7 cm³/mol. The molecule has 100 valence electrons. The van der Waals surface area contributed by atoms with Gasteiger partial charge in [0.2, 0.25) is 0 Å². The lowest BCUT2D eigenvalue weighted by atomic mass is 10.0. The summed E-state index contributed by atoms with van der Waals surface area (Å²) in [4.78, 5) is 4.72. The highest BCUT2D eigenvalue weighted by molar-refractivity contribution is 6.45. The van der Waals surface area contributed by atoms with Crippen molar-refractivity contribution >= 4 is 45.7 Å². The summed E-state index contributed by atoms with van der Waals surface area (Å²) in [5.41, 5.74) is 2.71. The molecule has 0 bridgehead atoms. The van der Waals surface area contributed by atoms with Crippen molar-refractivity contribution in [3.8, 4) is 0 Å². The molecular formula is C15H14Cl3N. The topological polar surface area (TPSA) is 12.9 Å². The Labute approximate surface area is 127 Å². The van der Waals surface area contributed by atoms with Crippen LogP contribution in [0.4, 0.5) is 0 Å². The molecule has 0 amide bonds. The van der Waals surface area contributed by atoms with Gasteiger partial charge in [-0.15, -0.1) is 0 Å². The van der Waals surface area contributed by atoms with E-state index in [1.807, 2.05) is 19.1 Å². The molecular weight excluding hydrogens is 301 g/mol.